The zero-order valence-electron chi connectivity index (χ0n) is 10.8. The van der Waals surface area contributed by atoms with E-state index in [2.05, 4.69) is 15.3 Å². The minimum Gasteiger partial charge on any atom is -0.355 e. The van der Waals surface area contributed by atoms with Crippen molar-refractivity contribution >= 4 is 22.8 Å². The summed E-state index contributed by atoms with van der Waals surface area (Å²) in [5.74, 6) is 0.134. The maximum absolute atomic E-state index is 11.0. The predicted octanol–water partition coefficient (Wildman–Crippen LogP) is 2.80. The Balaban J connectivity index is 2.29. The molecule has 0 bridgehead atoms. The van der Waals surface area contributed by atoms with Gasteiger partial charge in [0, 0.05) is 23.3 Å². The van der Waals surface area contributed by atoms with Crippen LogP contribution in [0.1, 0.15) is 29.2 Å². The van der Waals surface area contributed by atoms with E-state index in [0.717, 1.165) is 10.7 Å². The summed E-state index contributed by atoms with van der Waals surface area (Å²) in [5, 5.41) is 25.5. The minimum absolute atomic E-state index is 0.134. The molecule has 0 amide bonds. The summed E-state index contributed by atoms with van der Waals surface area (Å²) in [5.41, 5.74) is 0.838. The maximum atomic E-state index is 11.0. The number of rotatable bonds is 4. The van der Waals surface area contributed by atoms with Gasteiger partial charge in [-0.05, 0) is 13.8 Å². The molecule has 20 heavy (non-hydrogen) atoms. The highest BCUT2D eigenvalue weighted by Crippen LogP contribution is 2.27. The molecule has 2 aromatic heterocycles. The average Bonchev–Trinajstić information content (AvgIpc) is 2.85. The Labute approximate surface area is 119 Å². The number of thiazole rings is 1. The first kappa shape index (κ1) is 13.9. The summed E-state index contributed by atoms with van der Waals surface area (Å²) in [4.78, 5) is 18.7. The third-order valence-corrected chi connectivity index (χ3v) is 3.70. The van der Waals surface area contributed by atoms with E-state index in [4.69, 9.17) is 5.26 Å². The van der Waals surface area contributed by atoms with Gasteiger partial charge < -0.3 is 5.32 Å². The lowest BCUT2D eigenvalue weighted by molar-refractivity contribution is -0.384. The van der Waals surface area contributed by atoms with Crippen molar-refractivity contribution < 1.29 is 4.92 Å². The normalized spacial score (nSPS) is 11.7. The van der Waals surface area contributed by atoms with Crippen LogP contribution in [0.25, 0.3) is 0 Å². The number of hydrogen-bond donors (Lipinski definition) is 1. The maximum Gasteiger partial charge on any atom is 0.312 e. The van der Waals surface area contributed by atoms with Gasteiger partial charge in [0.25, 0.3) is 0 Å². The van der Waals surface area contributed by atoms with E-state index >= 15 is 0 Å². The van der Waals surface area contributed by atoms with Crippen LogP contribution in [0.3, 0.4) is 0 Å². The fourth-order valence-electron chi connectivity index (χ4n) is 1.60. The van der Waals surface area contributed by atoms with Crippen LogP contribution in [0.2, 0.25) is 0 Å². The van der Waals surface area contributed by atoms with Crippen LogP contribution in [-0.2, 0) is 0 Å². The molecule has 7 nitrogen and oxygen atoms in total. The van der Waals surface area contributed by atoms with E-state index in [1.54, 1.807) is 0 Å². The molecule has 0 fully saturated rings. The quantitative estimate of drug-likeness (QED) is 0.685. The molecule has 0 aliphatic rings. The highest BCUT2D eigenvalue weighted by Gasteiger charge is 2.19. The van der Waals surface area contributed by atoms with E-state index in [9.17, 15) is 10.1 Å². The van der Waals surface area contributed by atoms with Crippen LogP contribution >= 0.6 is 11.3 Å². The summed E-state index contributed by atoms with van der Waals surface area (Å²) in [6.45, 7) is 3.73. The largest absolute Gasteiger partial charge is 0.355 e. The monoisotopic (exact) mass is 289 g/mol. The molecular weight excluding hydrogens is 278 g/mol. The highest BCUT2D eigenvalue weighted by atomic mass is 32.1. The second kappa shape index (κ2) is 5.63. The molecule has 0 aliphatic heterocycles. The van der Waals surface area contributed by atoms with Crippen molar-refractivity contribution in [3.8, 4) is 6.07 Å². The fraction of sp³-hybridized carbons (Fsp3) is 0.250. The molecule has 8 heteroatoms. The van der Waals surface area contributed by atoms with Crippen LogP contribution in [-0.4, -0.2) is 14.9 Å². The molecule has 2 heterocycles. The van der Waals surface area contributed by atoms with Gasteiger partial charge in [-0.3, -0.25) is 10.1 Å². The third-order valence-electron chi connectivity index (χ3n) is 2.55. The number of anilines is 1. The van der Waals surface area contributed by atoms with Gasteiger partial charge in [-0.15, -0.1) is 11.3 Å². The van der Waals surface area contributed by atoms with Crippen molar-refractivity contribution in [1.29, 1.82) is 5.26 Å². The van der Waals surface area contributed by atoms with E-state index in [-0.39, 0.29) is 23.1 Å². The zero-order valence-corrected chi connectivity index (χ0v) is 11.6. The number of hydrogen-bond acceptors (Lipinski definition) is 7. The first-order valence-corrected chi connectivity index (χ1v) is 6.62. The molecule has 0 saturated carbocycles. The second-order valence-corrected chi connectivity index (χ2v) is 5.04. The molecular formula is C12H11N5O2S. The Morgan fingerprint density at radius 1 is 1.60 bits per heavy atom. The SMILES string of the molecule is Cc1csc(C(C)Nc2ncc(C#N)cc2[N+](=O)[O-])n1. The Morgan fingerprint density at radius 2 is 2.35 bits per heavy atom. The molecule has 2 aromatic rings. The van der Waals surface area contributed by atoms with Gasteiger partial charge in [-0.2, -0.15) is 5.26 Å². The molecule has 0 radical (unpaired) electrons. The van der Waals surface area contributed by atoms with Crippen molar-refractivity contribution in [2.75, 3.05) is 5.32 Å². The summed E-state index contributed by atoms with van der Waals surface area (Å²) in [7, 11) is 0. The molecule has 2 rings (SSSR count). The van der Waals surface area contributed by atoms with Crippen molar-refractivity contribution in [3.63, 3.8) is 0 Å². The van der Waals surface area contributed by atoms with E-state index < -0.39 is 4.92 Å². The zero-order chi connectivity index (χ0) is 14.7. The van der Waals surface area contributed by atoms with Crippen molar-refractivity contribution in [1.82, 2.24) is 9.97 Å². The van der Waals surface area contributed by atoms with Crippen LogP contribution in [0, 0.1) is 28.4 Å². The standard InChI is InChI=1S/C12H11N5O2S/c1-7-6-20-12(15-7)8(2)16-11-10(17(18)19)3-9(4-13)5-14-11/h3,5-6,8H,1-2H3,(H,14,16). The van der Waals surface area contributed by atoms with Crippen LogP contribution < -0.4 is 5.32 Å². The topological polar surface area (TPSA) is 105 Å². The summed E-state index contributed by atoms with van der Waals surface area (Å²) in [6, 6.07) is 2.84. The second-order valence-electron chi connectivity index (χ2n) is 4.15. The first-order chi connectivity index (χ1) is 9.51. The molecule has 0 spiro atoms. The number of aromatic nitrogens is 2. The van der Waals surface area contributed by atoms with E-state index in [1.165, 1.54) is 23.6 Å². The number of nitriles is 1. The molecule has 102 valence electrons. The van der Waals surface area contributed by atoms with Crippen LogP contribution in [0.15, 0.2) is 17.6 Å². The Morgan fingerprint density at radius 3 is 2.90 bits per heavy atom. The summed E-state index contributed by atoms with van der Waals surface area (Å²) >= 11 is 1.48. The Hall–Kier alpha value is -2.53. The molecule has 1 unspecified atom stereocenters. The van der Waals surface area contributed by atoms with Gasteiger partial charge >= 0.3 is 5.69 Å². The van der Waals surface area contributed by atoms with Gasteiger partial charge in [0.05, 0.1) is 16.5 Å². The summed E-state index contributed by atoms with van der Waals surface area (Å²) in [6.07, 6.45) is 1.30. The van der Waals surface area contributed by atoms with Gasteiger partial charge in [-0.25, -0.2) is 9.97 Å². The van der Waals surface area contributed by atoms with Crippen LogP contribution in [0.4, 0.5) is 11.5 Å². The molecule has 1 N–H and O–H groups in total. The lowest BCUT2D eigenvalue weighted by atomic mass is 10.2. The first-order valence-electron chi connectivity index (χ1n) is 5.74. The third kappa shape index (κ3) is 2.89. The van der Waals surface area contributed by atoms with E-state index in [1.807, 2.05) is 25.3 Å². The van der Waals surface area contributed by atoms with Crippen molar-refractivity contribution in [2.24, 2.45) is 0 Å². The smallest absolute Gasteiger partial charge is 0.312 e. The fourth-order valence-corrected chi connectivity index (χ4v) is 2.41. The predicted molar refractivity (Wildman–Crippen MR) is 74.5 cm³/mol. The number of nitrogens with one attached hydrogen (secondary N) is 1. The highest BCUT2D eigenvalue weighted by molar-refractivity contribution is 7.09. The number of aryl methyl sites for hydroxylation is 1. The number of nitro groups is 1. The number of pyridine rings is 1. The molecule has 0 aromatic carbocycles. The van der Waals surface area contributed by atoms with Crippen LogP contribution in [0.5, 0.6) is 0 Å². The lowest BCUT2D eigenvalue weighted by Crippen LogP contribution is -2.10. The van der Waals surface area contributed by atoms with Gasteiger partial charge in [0.15, 0.2) is 0 Å². The Bertz CT molecular complexity index is 691. The van der Waals surface area contributed by atoms with Gasteiger partial charge in [-0.1, -0.05) is 0 Å². The summed E-state index contributed by atoms with van der Waals surface area (Å²) < 4.78 is 0. The van der Waals surface area contributed by atoms with Gasteiger partial charge in [0.2, 0.25) is 5.82 Å². The minimum atomic E-state index is -0.560. The van der Waals surface area contributed by atoms with Crippen molar-refractivity contribution in [3.05, 3.63) is 44.0 Å². The van der Waals surface area contributed by atoms with Gasteiger partial charge in [0.1, 0.15) is 11.1 Å². The molecule has 0 saturated heterocycles. The van der Waals surface area contributed by atoms with Crippen molar-refractivity contribution in [2.45, 2.75) is 19.9 Å². The lowest BCUT2D eigenvalue weighted by Gasteiger charge is -2.11. The molecule has 1 atom stereocenters. The number of nitrogens with zero attached hydrogens (tertiary/aromatic N) is 4. The van der Waals surface area contributed by atoms with E-state index in [0.29, 0.717) is 0 Å². The average molecular weight is 289 g/mol. The molecule has 0 aliphatic carbocycles. The Kier molecular flexibility index (Phi) is 3.91.